The standard InChI is InChI=1S/C10H12N2O3/c1-11(2)10(7-13)8-3-5-9(6-4-8)12(14)15/h3-7,10H,1-2H3. The van der Waals surface area contributed by atoms with Gasteiger partial charge in [-0.2, -0.15) is 0 Å². The Balaban J connectivity index is 2.96. The number of non-ortho nitro benzene ring substituents is 1. The van der Waals surface area contributed by atoms with Crippen LogP contribution in [0, 0.1) is 10.1 Å². The number of hydrogen-bond donors (Lipinski definition) is 0. The van der Waals surface area contributed by atoms with E-state index in [0.29, 0.717) is 0 Å². The first-order chi connectivity index (χ1) is 7.06. The minimum atomic E-state index is -0.463. The topological polar surface area (TPSA) is 63.5 Å². The normalized spacial score (nSPS) is 12.5. The zero-order valence-corrected chi connectivity index (χ0v) is 8.58. The molecule has 0 heterocycles. The Kier molecular flexibility index (Phi) is 3.51. The summed E-state index contributed by atoms with van der Waals surface area (Å²) in [4.78, 5) is 22.5. The molecule has 0 aliphatic heterocycles. The Labute approximate surface area is 87.5 Å². The highest BCUT2D eigenvalue weighted by atomic mass is 16.6. The molecule has 1 rings (SSSR count). The molecule has 0 amide bonds. The predicted octanol–water partition coefficient (Wildman–Crippen LogP) is 1.40. The molecule has 0 saturated heterocycles. The van der Waals surface area contributed by atoms with Crippen molar-refractivity contribution in [1.82, 2.24) is 4.90 Å². The van der Waals surface area contributed by atoms with Crippen LogP contribution in [0.25, 0.3) is 0 Å². The maximum absolute atomic E-state index is 10.8. The summed E-state index contributed by atoms with van der Waals surface area (Å²) in [5.74, 6) is 0. The number of likely N-dealkylation sites (N-methyl/N-ethyl adjacent to an activating group) is 1. The summed E-state index contributed by atoms with van der Waals surface area (Å²) in [5.41, 5.74) is 0.780. The van der Waals surface area contributed by atoms with Crippen LogP contribution in [0.5, 0.6) is 0 Å². The number of carbonyl (C=O) groups excluding carboxylic acids is 1. The van der Waals surface area contributed by atoms with Gasteiger partial charge >= 0.3 is 0 Å². The van der Waals surface area contributed by atoms with Crippen LogP contribution in [0.1, 0.15) is 11.6 Å². The van der Waals surface area contributed by atoms with E-state index in [0.717, 1.165) is 11.8 Å². The molecule has 0 bridgehead atoms. The summed E-state index contributed by atoms with van der Waals surface area (Å²) < 4.78 is 0. The van der Waals surface area contributed by atoms with E-state index in [1.165, 1.54) is 12.1 Å². The van der Waals surface area contributed by atoms with Gasteiger partial charge < -0.3 is 4.79 Å². The van der Waals surface area contributed by atoms with E-state index in [1.54, 1.807) is 31.1 Å². The number of nitro benzene ring substituents is 1. The minimum Gasteiger partial charge on any atom is -0.301 e. The van der Waals surface area contributed by atoms with Crippen molar-refractivity contribution in [3.05, 3.63) is 39.9 Å². The summed E-state index contributed by atoms with van der Waals surface area (Å²) in [6.07, 6.45) is 0.807. The molecule has 0 spiro atoms. The summed E-state index contributed by atoms with van der Waals surface area (Å²) >= 11 is 0. The van der Waals surface area contributed by atoms with E-state index in [-0.39, 0.29) is 11.7 Å². The minimum absolute atomic E-state index is 0.0298. The van der Waals surface area contributed by atoms with Crippen LogP contribution >= 0.6 is 0 Å². The van der Waals surface area contributed by atoms with Gasteiger partial charge in [-0.3, -0.25) is 15.0 Å². The third-order valence-electron chi connectivity index (χ3n) is 2.13. The predicted molar refractivity (Wildman–Crippen MR) is 55.6 cm³/mol. The second-order valence-electron chi connectivity index (χ2n) is 3.39. The third-order valence-corrected chi connectivity index (χ3v) is 2.13. The fourth-order valence-electron chi connectivity index (χ4n) is 1.29. The van der Waals surface area contributed by atoms with E-state index in [2.05, 4.69) is 0 Å². The molecule has 0 radical (unpaired) electrons. The smallest absolute Gasteiger partial charge is 0.269 e. The number of hydrogen-bond acceptors (Lipinski definition) is 4. The number of benzene rings is 1. The van der Waals surface area contributed by atoms with E-state index in [4.69, 9.17) is 0 Å². The maximum atomic E-state index is 10.8. The fourth-order valence-corrected chi connectivity index (χ4v) is 1.29. The summed E-state index contributed by atoms with van der Waals surface area (Å²) in [7, 11) is 3.56. The average molecular weight is 208 g/mol. The van der Waals surface area contributed by atoms with E-state index in [9.17, 15) is 14.9 Å². The Morgan fingerprint density at radius 1 is 1.33 bits per heavy atom. The molecule has 0 aliphatic rings. The highest BCUT2D eigenvalue weighted by molar-refractivity contribution is 5.61. The number of rotatable bonds is 4. The van der Waals surface area contributed by atoms with Crippen LogP contribution in [-0.4, -0.2) is 30.2 Å². The van der Waals surface area contributed by atoms with Gasteiger partial charge in [0.15, 0.2) is 0 Å². The Hall–Kier alpha value is -1.75. The van der Waals surface area contributed by atoms with Crippen LogP contribution in [-0.2, 0) is 4.79 Å². The highest BCUT2D eigenvalue weighted by Gasteiger charge is 2.13. The Bertz CT molecular complexity index is 359. The van der Waals surface area contributed by atoms with Crippen LogP contribution in [0.3, 0.4) is 0 Å². The molecule has 1 atom stereocenters. The van der Waals surface area contributed by atoms with Crippen molar-refractivity contribution in [2.24, 2.45) is 0 Å². The van der Waals surface area contributed by atoms with Crippen LogP contribution < -0.4 is 0 Å². The number of carbonyl (C=O) groups is 1. The lowest BCUT2D eigenvalue weighted by atomic mass is 10.1. The zero-order chi connectivity index (χ0) is 11.4. The average Bonchev–Trinajstić information content (AvgIpc) is 2.19. The molecule has 0 aromatic heterocycles. The first-order valence-corrected chi connectivity index (χ1v) is 4.42. The Morgan fingerprint density at radius 3 is 2.20 bits per heavy atom. The Morgan fingerprint density at radius 2 is 1.87 bits per heavy atom. The van der Waals surface area contributed by atoms with Crippen molar-refractivity contribution in [3.8, 4) is 0 Å². The van der Waals surface area contributed by atoms with Crippen LogP contribution in [0.4, 0.5) is 5.69 Å². The molecular weight excluding hydrogens is 196 g/mol. The first kappa shape index (κ1) is 11.3. The largest absolute Gasteiger partial charge is 0.301 e. The lowest BCUT2D eigenvalue weighted by Gasteiger charge is -2.18. The summed E-state index contributed by atoms with van der Waals surface area (Å²) in [6, 6.07) is 5.63. The van der Waals surface area contributed by atoms with Crippen molar-refractivity contribution in [2.45, 2.75) is 6.04 Å². The van der Waals surface area contributed by atoms with Crippen molar-refractivity contribution < 1.29 is 9.72 Å². The van der Waals surface area contributed by atoms with Gasteiger partial charge in [0.25, 0.3) is 5.69 Å². The van der Waals surface area contributed by atoms with Gasteiger partial charge in [-0.25, -0.2) is 0 Å². The fraction of sp³-hybridized carbons (Fsp3) is 0.300. The molecule has 1 aromatic carbocycles. The molecule has 80 valence electrons. The van der Waals surface area contributed by atoms with Gasteiger partial charge in [-0.1, -0.05) is 12.1 Å². The number of nitrogens with zero attached hydrogens (tertiary/aromatic N) is 2. The van der Waals surface area contributed by atoms with Gasteiger partial charge in [0, 0.05) is 12.1 Å². The van der Waals surface area contributed by atoms with Crippen molar-refractivity contribution in [3.63, 3.8) is 0 Å². The van der Waals surface area contributed by atoms with E-state index in [1.807, 2.05) is 0 Å². The molecule has 0 N–H and O–H groups in total. The first-order valence-electron chi connectivity index (χ1n) is 4.42. The SMILES string of the molecule is CN(C)C(C=O)c1ccc([N+](=O)[O-])cc1. The molecule has 5 heteroatoms. The van der Waals surface area contributed by atoms with Crippen molar-refractivity contribution in [1.29, 1.82) is 0 Å². The van der Waals surface area contributed by atoms with E-state index >= 15 is 0 Å². The molecule has 5 nitrogen and oxygen atoms in total. The molecule has 0 aliphatic carbocycles. The highest BCUT2D eigenvalue weighted by Crippen LogP contribution is 2.19. The monoisotopic (exact) mass is 208 g/mol. The van der Waals surface area contributed by atoms with Crippen molar-refractivity contribution >= 4 is 12.0 Å². The van der Waals surface area contributed by atoms with Crippen molar-refractivity contribution in [2.75, 3.05) is 14.1 Å². The molecular formula is C10H12N2O3. The second-order valence-corrected chi connectivity index (χ2v) is 3.39. The van der Waals surface area contributed by atoms with Gasteiger partial charge in [-0.05, 0) is 19.7 Å². The molecule has 15 heavy (non-hydrogen) atoms. The summed E-state index contributed by atoms with van der Waals surface area (Å²) in [6.45, 7) is 0. The van der Waals surface area contributed by atoms with Gasteiger partial charge in [0.1, 0.15) is 6.29 Å². The maximum Gasteiger partial charge on any atom is 0.269 e. The quantitative estimate of drug-likeness (QED) is 0.426. The second kappa shape index (κ2) is 4.65. The number of nitro groups is 1. The molecule has 0 saturated carbocycles. The van der Waals surface area contributed by atoms with Gasteiger partial charge in [0.05, 0.1) is 11.0 Å². The lowest BCUT2D eigenvalue weighted by Crippen LogP contribution is -2.20. The molecule has 0 fully saturated rings. The van der Waals surface area contributed by atoms with Gasteiger partial charge in [-0.15, -0.1) is 0 Å². The van der Waals surface area contributed by atoms with Crippen LogP contribution in [0.15, 0.2) is 24.3 Å². The summed E-state index contributed by atoms with van der Waals surface area (Å²) in [5, 5.41) is 10.4. The lowest BCUT2D eigenvalue weighted by molar-refractivity contribution is -0.384. The molecule has 1 aromatic rings. The van der Waals surface area contributed by atoms with Crippen LogP contribution in [0.2, 0.25) is 0 Å². The zero-order valence-electron chi connectivity index (χ0n) is 8.58. The van der Waals surface area contributed by atoms with Gasteiger partial charge in [0.2, 0.25) is 0 Å². The third kappa shape index (κ3) is 2.60. The van der Waals surface area contributed by atoms with E-state index < -0.39 is 4.92 Å². The number of aldehydes is 1. The molecule has 1 unspecified atom stereocenters.